The van der Waals surface area contributed by atoms with Gasteiger partial charge in [-0.25, -0.2) is 4.98 Å². The summed E-state index contributed by atoms with van der Waals surface area (Å²) in [5.41, 5.74) is 2.20. The van der Waals surface area contributed by atoms with Crippen LogP contribution in [0, 0.1) is 0 Å². The molecular formula is C15H23N3O2. The number of aromatic nitrogens is 2. The van der Waals surface area contributed by atoms with Crippen LogP contribution in [0.3, 0.4) is 0 Å². The van der Waals surface area contributed by atoms with E-state index in [-0.39, 0.29) is 11.9 Å². The summed E-state index contributed by atoms with van der Waals surface area (Å²) in [4.78, 5) is 18.3. The van der Waals surface area contributed by atoms with E-state index in [9.17, 15) is 4.79 Å². The molecule has 1 aromatic rings. The summed E-state index contributed by atoms with van der Waals surface area (Å²) in [6, 6.07) is 0.265. The quantitative estimate of drug-likeness (QED) is 0.612. The molecule has 0 fully saturated rings. The summed E-state index contributed by atoms with van der Waals surface area (Å²) in [5.74, 6) is 0.0827. The molecule has 0 saturated heterocycles. The van der Waals surface area contributed by atoms with Crippen molar-refractivity contribution in [3.63, 3.8) is 0 Å². The predicted octanol–water partition coefficient (Wildman–Crippen LogP) is 2.11. The normalized spacial score (nSPS) is 18.2. The SMILES string of the molecule is C=CCOCC1c2c(ncn2C(C)C)CCN1C(C)=O. The zero-order chi connectivity index (χ0) is 14.7. The van der Waals surface area contributed by atoms with Crippen molar-refractivity contribution in [3.05, 3.63) is 30.4 Å². The maximum absolute atomic E-state index is 11.9. The Labute approximate surface area is 120 Å². The molecule has 1 aliphatic rings. The minimum absolute atomic E-state index is 0.0545. The largest absolute Gasteiger partial charge is 0.375 e. The summed E-state index contributed by atoms with van der Waals surface area (Å²) < 4.78 is 7.76. The number of carbonyl (C=O) groups is 1. The smallest absolute Gasteiger partial charge is 0.220 e. The van der Waals surface area contributed by atoms with E-state index in [2.05, 4.69) is 30.0 Å². The first-order valence-electron chi connectivity index (χ1n) is 7.07. The van der Waals surface area contributed by atoms with Gasteiger partial charge in [0, 0.05) is 25.9 Å². The third-order valence-corrected chi connectivity index (χ3v) is 3.67. The number of amides is 1. The van der Waals surface area contributed by atoms with Gasteiger partial charge < -0.3 is 14.2 Å². The van der Waals surface area contributed by atoms with Gasteiger partial charge in [0.2, 0.25) is 5.91 Å². The van der Waals surface area contributed by atoms with E-state index >= 15 is 0 Å². The Hall–Kier alpha value is -1.62. The number of imidazole rings is 1. The van der Waals surface area contributed by atoms with Crippen LogP contribution >= 0.6 is 0 Å². The van der Waals surface area contributed by atoms with Crippen LogP contribution in [-0.2, 0) is 16.0 Å². The molecule has 20 heavy (non-hydrogen) atoms. The highest BCUT2D eigenvalue weighted by atomic mass is 16.5. The minimum Gasteiger partial charge on any atom is -0.375 e. The predicted molar refractivity (Wildman–Crippen MR) is 77.5 cm³/mol. The van der Waals surface area contributed by atoms with Crippen molar-refractivity contribution in [2.24, 2.45) is 0 Å². The van der Waals surface area contributed by atoms with Crippen molar-refractivity contribution in [2.45, 2.75) is 39.3 Å². The summed E-state index contributed by atoms with van der Waals surface area (Å²) in [6.07, 6.45) is 4.41. The topological polar surface area (TPSA) is 47.4 Å². The fraction of sp³-hybridized carbons (Fsp3) is 0.600. The average Bonchev–Trinajstić information content (AvgIpc) is 2.83. The Morgan fingerprint density at radius 1 is 1.65 bits per heavy atom. The lowest BCUT2D eigenvalue weighted by molar-refractivity contribution is -0.133. The summed E-state index contributed by atoms with van der Waals surface area (Å²) >= 11 is 0. The van der Waals surface area contributed by atoms with Crippen LogP contribution in [0.4, 0.5) is 0 Å². The molecule has 5 nitrogen and oxygen atoms in total. The van der Waals surface area contributed by atoms with Crippen molar-refractivity contribution in [2.75, 3.05) is 19.8 Å². The molecule has 0 N–H and O–H groups in total. The number of carbonyl (C=O) groups excluding carboxylic acids is 1. The summed E-state index contributed by atoms with van der Waals surface area (Å²) in [7, 11) is 0. The molecule has 1 aliphatic heterocycles. The van der Waals surface area contributed by atoms with Crippen molar-refractivity contribution in [1.29, 1.82) is 0 Å². The molecule has 1 amide bonds. The van der Waals surface area contributed by atoms with E-state index < -0.39 is 0 Å². The molecule has 110 valence electrons. The number of ether oxygens (including phenoxy) is 1. The second-order valence-electron chi connectivity index (χ2n) is 5.38. The zero-order valence-corrected chi connectivity index (χ0v) is 12.5. The molecule has 0 saturated carbocycles. The fourth-order valence-electron chi connectivity index (χ4n) is 2.72. The first kappa shape index (κ1) is 14.8. The molecule has 2 rings (SSSR count). The Kier molecular flexibility index (Phi) is 4.60. The van der Waals surface area contributed by atoms with E-state index in [1.54, 1.807) is 13.0 Å². The Bertz CT molecular complexity index is 493. The number of nitrogens with zero attached hydrogens (tertiary/aromatic N) is 3. The van der Waals surface area contributed by atoms with Crippen LogP contribution in [0.5, 0.6) is 0 Å². The Balaban J connectivity index is 2.33. The van der Waals surface area contributed by atoms with E-state index in [0.717, 1.165) is 17.8 Å². The molecule has 0 radical (unpaired) electrons. The van der Waals surface area contributed by atoms with Gasteiger partial charge in [-0.15, -0.1) is 6.58 Å². The van der Waals surface area contributed by atoms with Crippen LogP contribution in [0.25, 0.3) is 0 Å². The molecule has 0 aromatic carbocycles. The van der Waals surface area contributed by atoms with Gasteiger partial charge in [0.1, 0.15) is 0 Å². The number of fused-ring (bicyclic) bond motifs is 1. The summed E-state index contributed by atoms with van der Waals surface area (Å²) in [6.45, 7) is 11.2. The van der Waals surface area contributed by atoms with E-state index in [0.29, 0.717) is 25.8 Å². The molecule has 1 unspecified atom stereocenters. The van der Waals surface area contributed by atoms with Gasteiger partial charge in [-0.3, -0.25) is 4.79 Å². The maximum atomic E-state index is 11.9. The van der Waals surface area contributed by atoms with Gasteiger partial charge in [0.15, 0.2) is 0 Å². The Morgan fingerprint density at radius 2 is 2.40 bits per heavy atom. The minimum atomic E-state index is -0.0545. The van der Waals surface area contributed by atoms with Crippen molar-refractivity contribution < 1.29 is 9.53 Å². The molecular weight excluding hydrogens is 254 g/mol. The lowest BCUT2D eigenvalue weighted by atomic mass is 10.0. The monoisotopic (exact) mass is 277 g/mol. The highest BCUT2D eigenvalue weighted by Crippen LogP contribution is 2.31. The van der Waals surface area contributed by atoms with E-state index in [4.69, 9.17) is 4.74 Å². The van der Waals surface area contributed by atoms with Crippen molar-refractivity contribution in [1.82, 2.24) is 14.5 Å². The molecule has 0 spiro atoms. The highest BCUT2D eigenvalue weighted by Gasteiger charge is 2.33. The third-order valence-electron chi connectivity index (χ3n) is 3.67. The lowest BCUT2D eigenvalue weighted by Gasteiger charge is -2.36. The molecule has 1 aromatic heterocycles. The Morgan fingerprint density at radius 3 is 3.00 bits per heavy atom. The standard InChI is InChI=1S/C15H23N3O2/c1-5-8-20-9-14-15-13(6-7-17(14)12(4)19)16-10-18(15)11(2)3/h5,10-11,14H,1,6-9H2,2-4H3. The molecule has 0 aliphatic carbocycles. The number of rotatable bonds is 5. The number of hydrogen-bond acceptors (Lipinski definition) is 3. The zero-order valence-electron chi connectivity index (χ0n) is 12.5. The fourth-order valence-corrected chi connectivity index (χ4v) is 2.72. The average molecular weight is 277 g/mol. The van der Waals surface area contributed by atoms with Crippen LogP contribution in [-0.4, -0.2) is 40.1 Å². The van der Waals surface area contributed by atoms with Crippen molar-refractivity contribution >= 4 is 5.91 Å². The van der Waals surface area contributed by atoms with E-state index in [1.807, 2.05) is 11.2 Å². The van der Waals surface area contributed by atoms with Crippen LogP contribution in [0.15, 0.2) is 19.0 Å². The molecule has 2 heterocycles. The van der Waals surface area contributed by atoms with Crippen LogP contribution in [0.1, 0.15) is 44.2 Å². The van der Waals surface area contributed by atoms with Gasteiger partial charge in [-0.05, 0) is 13.8 Å². The molecule has 5 heteroatoms. The highest BCUT2D eigenvalue weighted by molar-refractivity contribution is 5.74. The van der Waals surface area contributed by atoms with E-state index in [1.165, 1.54) is 0 Å². The van der Waals surface area contributed by atoms with Crippen LogP contribution in [0.2, 0.25) is 0 Å². The summed E-state index contributed by atoms with van der Waals surface area (Å²) in [5, 5.41) is 0. The van der Waals surface area contributed by atoms with Gasteiger partial charge in [-0.2, -0.15) is 0 Å². The first-order valence-corrected chi connectivity index (χ1v) is 7.07. The van der Waals surface area contributed by atoms with Gasteiger partial charge in [-0.1, -0.05) is 6.08 Å². The van der Waals surface area contributed by atoms with Crippen molar-refractivity contribution in [3.8, 4) is 0 Å². The number of hydrogen-bond donors (Lipinski definition) is 0. The second kappa shape index (κ2) is 6.22. The third kappa shape index (κ3) is 2.77. The van der Waals surface area contributed by atoms with Crippen LogP contribution < -0.4 is 0 Å². The second-order valence-corrected chi connectivity index (χ2v) is 5.38. The molecule has 0 bridgehead atoms. The molecule has 1 atom stereocenters. The van der Waals surface area contributed by atoms with Gasteiger partial charge in [0.05, 0.1) is 37.0 Å². The van der Waals surface area contributed by atoms with Gasteiger partial charge in [0.25, 0.3) is 0 Å². The maximum Gasteiger partial charge on any atom is 0.220 e. The lowest BCUT2D eigenvalue weighted by Crippen LogP contribution is -2.42. The first-order chi connectivity index (χ1) is 9.56. The van der Waals surface area contributed by atoms with Gasteiger partial charge >= 0.3 is 0 Å².